The quantitative estimate of drug-likeness (QED) is 0.227. The fraction of sp³-hybridized carbons (Fsp3) is 0.500. The van der Waals surface area contributed by atoms with E-state index in [0.717, 1.165) is 17.2 Å². The van der Waals surface area contributed by atoms with Crippen LogP contribution in [0.25, 0.3) is 0 Å². The second-order valence-corrected chi connectivity index (χ2v) is 6.31. The predicted octanol–water partition coefficient (Wildman–Crippen LogP) is 1.24. The zero-order chi connectivity index (χ0) is 18.5. The molecule has 1 aromatic carbocycles. The first-order chi connectivity index (χ1) is 12.1. The monoisotopic (exact) mass is 387 g/mol. The Morgan fingerprint density at radius 2 is 2.16 bits per heavy atom. The van der Waals surface area contributed by atoms with E-state index in [1.54, 1.807) is 24.3 Å². The molecule has 7 nitrogen and oxygen atoms in total. The minimum Gasteiger partial charge on any atom is -0.716 e. The second kappa shape index (κ2) is 12.9. The summed E-state index contributed by atoms with van der Waals surface area (Å²) in [5, 5.41) is 2.81. The zero-order valence-corrected chi connectivity index (χ0v) is 15.7. The molecule has 0 radical (unpaired) electrons. The van der Waals surface area contributed by atoms with E-state index in [9.17, 15) is 9.59 Å². The SMILES string of the molecule is CCCNC(=O)c1cccc(OCC(OCCOCC(N)=O)S[S-])c1. The fourth-order valence-corrected chi connectivity index (χ4v) is 2.36. The third-order valence-corrected chi connectivity index (χ3v) is 4.03. The van der Waals surface area contributed by atoms with Crippen molar-refractivity contribution in [3.05, 3.63) is 29.8 Å². The van der Waals surface area contributed by atoms with Gasteiger partial charge in [0, 0.05) is 12.1 Å². The molecule has 0 aliphatic heterocycles. The number of rotatable bonds is 13. The molecule has 0 aliphatic rings. The highest BCUT2D eigenvalue weighted by Gasteiger charge is 2.08. The molecule has 9 heteroatoms. The summed E-state index contributed by atoms with van der Waals surface area (Å²) >= 11 is 4.96. The molecular formula is C16H23N2O5S2-. The Balaban J connectivity index is 2.39. The van der Waals surface area contributed by atoms with E-state index in [4.69, 9.17) is 31.6 Å². The molecule has 25 heavy (non-hydrogen) atoms. The van der Waals surface area contributed by atoms with Gasteiger partial charge in [-0.2, -0.15) is 0 Å². The molecule has 3 N–H and O–H groups in total. The highest BCUT2D eigenvalue weighted by molar-refractivity contribution is 8.59. The van der Waals surface area contributed by atoms with Crippen molar-refractivity contribution in [3.8, 4) is 5.75 Å². The number of nitrogens with two attached hydrogens (primary N) is 1. The van der Waals surface area contributed by atoms with Crippen LogP contribution >= 0.6 is 10.8 Å². The van der Waals surface area contributed by atoms with Crippen LogP contribution in [0.3, 0.4) is 0 Å². The van der Waals surface area contributed by atoms with Gasteiger partial charge in [-0.1, -0.05) is 13.0 Å². The van der Waals surface area contributed by atoms with Crippen molar-refractivity contribution in [1.82, 2.24) is 5.32 Å². The Hall–Kier alpha value is -1.42. The Morgan fingerprint density at radius 1 is 1.36 bits per heavy atom. The van der Waals surface area contributed by atoms with E-state index < -0.39 is 5.91 Å². The van der Waals surface area contributed by atoms with E-state index in [0.29, 0.717) is 17.9 Å². The second-order valence-electron chi connectivity index (χ2n) is 5.01. The molecule has 0 heterocycles. The predicted molar refractivity (Wildman–Crippen MR) is 99.3 cm³/mol. The molecule has 1 aromatic rings. The van der Waals surface area contributed by atoms with E-state index in [2.05, 4.69) is 5.32 Å². The summed E-state index contributed by atoms with van der Waals surface area (Å²) < 4.78 is 16.1. The van der Waals surface area contributed by atoms with Gasteiger partial charge in [0.2, 0.25) is 5.91 Å². The Labute approximate surface area is 156 Å². The van der Waals surface area contributed by atoms with Gasteiger partial charge < -0.3 is 36.9 Å². The maximum atomic E-state index is 11.9. The molecule has 0 spiro atoms. The summed E-state index contributed by atoms with van der Waals surface area (Å²) in [6.07, 6.45) is 0.875. The summed E-state index contributed by atoms with van der Waals surface area (Å²) in [5.41, 5.74) is 5.12. The number of carbonyl (C=O) groups excluding carboxylic acids is 2. The number of hydrogen-bond donors (Lipinski definition) is 2. The number of carbonyl (C=O) groups is 2. The summed E-state index contributed by atoms with van der Waals surface area (Å²) in [4.78, 5) is 22.5. The molecule has 0 aromatic heterocycles. The van der Waals surface area contributed by atoms with Crippen LogP contribution in [-0.4, -0.2) is 50.2 Å². The van der Waals surface area contributed by atoms with Crippen LogP contribution in [0.2, 0.25) is 0 Å². The van der Waals surface area contributed by atoms with Crippen molar-refractivity contribution in [3.63, 3.8) is 0 Å². The topological polar surface area (TPSA) is 99.9 Å². The molecule has 1 unspecified atom stereocenters. The highest BCUT2D eigenvalue weighted by atomic mass is 33.1. The average Bonchev–Trinajstić information content (AvgIpc) is 2.61. The molecule has 0 saturated carbocycles. The van der Waals surface area contributed by atoms with Gasteiger partial charge in [0.1, 0.15) is 24.4 Å². The molecule has 0 saturated heterocycles. The lowest BCUT2D eigenvalue weighted by Crippen LogP contribution is -2.24. The number of ether oxygens (including phenoxy) is 3. The lowest BCUT2D eigenvalue weighted by molar-refractivity contribution is -0.123. The van der Waals surface area contributed by atoms with Crippen molar-refractivity contribution in [2.75, 3.05) is 33.0 Å². The number of nitrogens with one attached hydrogen (secondary N) is 1. The smallest absolute Gasteiger partial charge is 0.251 e. The van der Waals surface area contributed by atoms with Crippen LogP contribution in [0.1, 0.15) is 23.7 Å². The fourth-order valence-electron chi connectivity index (χ4n) is 1.75. The van der Waals surface area contributed by atoms with Crippen LogP contribution in [0.4, 0.5) is 0 Å². The van der Waals surface area contributed by atoms with Gasteiger partial charge in [-0.15, -0.1) is 0 Å². The lowest BCUT2D eigenvalue weighted by atomic mass is 10.2. The molecule has 2 amide bonds. The highest BCUT2D eigenvalue weighted by Crippen LogP contribution is 2.16. The molecule has 0 fully saturated rings. The van der Waals surface area contributed by atoms with Crippen LogP contribution in [0.15, 0.2) is 24.3 Å². The number of hydrogen-bond acceptors (Lipinski definition) is 7. The number of primary amides is 1. The molecule has 1 rings (SSSR count). The van der Waals surface area contributed by atoms with Crippen LogP contribution in [-0.2, 0) is 25.9 Å². The van der Waals surface area contributed by atoms with Gasteiger partial charge >= 0.3 is 0 Å². The van der Waals surface area contributed by atoms with E-state index in [-0.39, 0.29) is 37.8 Å². The van der Waals surface area contributed by atoms with E-state index in [1.165, 1.54) is 0 Å². The normalized spacial score (nSPS) is 11.8. The first kappa shape index (κ1) is 21.6. The van der Waals surface area contributed by atoms with Crippen LogP contribution in [0, 0.1) is 0 Å². The minimum atomic E-state index is -0.527. The van der Waals surface area contributed by atoms with Gasteiger partial charge in [0.25, 0.3) is 5.91 Å². The molecule has 0 bridgehead atoms. The maximum Gasteiger partial charge on any atom is 0.251 e. The van der Waals surface area contributed by atoms with Crippen LogP contribution in [0.5, 0.6) is 5.75 Å². The van der Waals surface area contributed by atoms with Crippen molar-refractivity contribution < 1.29 is 23.8 Å². The lowest BCUT2D eigenvalue weighted by Gasteiger charge is -2.21. The third kappa shape index (κ3) is 9.59. The van der Waals surface area contributed by atoms with Gasteiger partial charge in [-0.05, 0) is 24.6 Å². The maximum absolute atomic E-state index is 11.9. The summed E-state index contributed by atoms with van der Waals surface area (Å²) in [5.74, 6) is -0.100. The Morgan fingerprint density at radius 3 is 2.84 bits per heavy atom. The standard InChI is InChI=1S/C16H24N2O5S2/c1-2-6-18-16(20)12-4-3-5-13(9-12)23-11-15(25-24)22-8-7-21-10-14(17)19/h3-5,9,15,24H,2,6-8,10-11H2,1H3,(H2,17,19)(H,18,20)/p-1. The molecule has 1 atom stereocenters. The van der Waals surface area contributed by atoms with Gasteiger partial charge in [0.15, 0.2) is 0 Å². The van der Waals surface area contributed by atoms with E-state index >= 15 is 0 Å². The molecule has 140 valence electrons. The third-order valence-electron chi connectivity index (χ3n) is 2.90. The molecule has 0 aliphatic carbocycles. The first-order valence-corrected chi connectivity index (χ1v) is 9.64. The van der Waals surface area contributed by atoms with Crippen molar-refractivity contribution in [1.29, 1.82) is 0 Å². The minimum absolute atomic E-state index is 0.135. The largest absolute Gasteiger partial charge is 0.716 e. The number of amides is 2. The summed E-state index contributed by atoms with van der Waals surface area (Å²) in [6.45, 7) is 3.21. The van der Waals surface area contributed by atoms with Gasteiger partial charge in [0.05, 0.1) is 13.2 Å². The number of benzene rings is 1. The van der Waals surface area contributed by atoms with Crippen LogP contribution < -0.4 is 15.8 Å². The van der Waals surface area contributed by atoms with Gasteiger partial charge in [-0.25, -0.2) is 0 Å². The summed E-state index contributed by atoms with van der Waals surface area (Å²) in [7, 11) is 1.08. The first-order valence-electron chi connectivity index (χ1n) is 7.84. The molecular weight excluding hydrogens is 364 g/mol. The van der Waals surface area contributed by atoms with Crippen molar-refractivity contribution >= 4 is 34.3 Å². The van der Waals surface area contributed by atoms with E-state index in [1.807, 2.05) is 6.92 Å². The summed E-state index contributed by atoms with van der Waals surface area (Å²) in [6, 6.07) is 6.91. The van der Waals surface area contributed by atoms with Crippen molar-refractivity contribution in [2.24, 2.45) is 5.73 Å². The zero-order valence-electron chi connectivity index (χ0n) is 14.1. The van der Waals surface area contributed by atoms with Gasteiger partial charge in [-0.3, -0.25) is 20.4 Å². The average molecular weight is 388 g/mol. The Kier molecular flexibility index (Phi) is 11.1. The Bertz CT molecular complexity index is 545. The van der Waals surface area contributed by atoms with Crippen molar-refractivity contribution in [2.45, 2.75) is 18.8 Å².